The number of carbonyl (C=O) groups is 2. The van der Waals surface area contributed by atoms with Crippen molar-refractivity contribution in [3.8, 4) is 11.5 Å². The van der Waals surface area contributed by atoms with E-state index in [-0.39, 0.29) is 12.3 Å². The number of esters is 1. The first-order valence-corrected chi connectivity index (χ1v) is 7.37. The smallest absolute Gasteiger partial charge is 0.337 e. The summed E-state index contributed by atoms with van der Waals surface area (Å²) in [5.41, 5.74) is 0.977. The minimum absolute atomic E-state index is 0.141. The zero-order chi connectivity index (χ0) is 16.8. The van der Waals surface area contributed by atoms with Crippen LogP contribution in [-0.2, 0) is 14.3 Å². The molecule has 0 aliphatic carbocycles. The molecule has 0 saturated heterocycles. The zero-order valence-corrected chi connectivity index (χ0v) is 13.6. The number of nitrogens with one attached hydrogen (secondary N) is 1. The number of hydrogen-bond donors (Lipinski definition) is 1. The molecule has 1 unspecified atom stereocenters. The van der Waals surface area contributed by atoms with Gasteiger partial charge in [0.25, 0.3) is 0 Å². The van der Waals surface area contributed by atoms with E-state index in [2.05, 4.69) is 5.32 Å². The lowest BCUT2D eigenvalue weighted by Gasteiger charge is -2.27. The summed E-state index contributed by atoms with van der Waals surface area (Å²) >= 11 is 0. The SMILES string of the molecule is COc1ccc(C2CC(=O)NC3=C2C(=O)OC3(C)C)c(OC)c1. The highest BCUT2D eigenvalue weighted by molar-refractivity contribution is 5.99. The van der Waals surface area contributed by atoms with Crippen molar-refractivity contribution in [1.29, 1.82) is 0 Å². The van der Waals surface area contributed by atoms with Crippen LogP contribution in [0.1, 0.15) is 31.7 Å². The molecule has 0 radical (unpaired) electrons. The molecule has 6 nitrogen and oxygen atoms in total. The second kappa shape index (κ2) is 5.30. The van der Waals surface area contributed by atoms with E-state index in [0.717, 1.165) is 5.56 Å². The van der Waals surface area contributed by atoms with Gasteiger partial charge in [-0.2, -0.15) is 0 Å². The van der Waals surface area contributed by atoms with Crippen LogP contribution in [0.5, 0.6) is 11.5 Å². The maximum Gasteiger partial charge on any atom is 0.337 e. The van der Waals surface area contributed by atoms with E-state index in [4.69, 9.17) is 14.2 Å². The summed E-state index contributed by atoms with van der Waals surface area (Å²) < 4.78 is 16.0. The number of hydrogen-bond acceptors (Lipinski definition) is 5. The summed E-state index contributed by atoms with van der Waals surface area (Å²) in [7, 11) is 3.12. The van der Waals surface area contributed by atoms with Gasteiger partial charge in [0.2, 0.25) is 5.91 Å². The van der Waals surface area contributed by atoms with E-state index < -0.39 is 17.5 Å². The fourth-order valence-corrected chi connectivity index (χ4v) is 3.15. The highest BCUT2D eigenvalue weighted by Gasteiger charge is 2.48. The van der Waals surface area contributed by atoms with Crippen molar-refractivity contribution < 1.29 is 23.8 Å². The monoisotopic (exact) mass is 317 g/mol. The van der Waals surface area contributed by atoms with E-state index in [1.807, 2.05) is 6.07 Å². The van der Waals surface area contributed by atoms with Crippen molar-refractivity contribution in [3.63, 3.8) is 0 Å². The quantitative estimate of drug-likeness (QED) is 0.862. The van der Waals surface area contributed by atoms with Crippen LogP contribution in [0, 0.1) is 0 Å². The molecule has 1 amide bonds. The summed E-state index contributed by atoms with van der Waals surface area (Å²) in [6.45, 7) is 3.53. The van der Waals surface area contributed by atoms with Gasteiger partial charge in [-0.25, -0.2) is 4.79 Å². The lowest BCUT2D eigenvalue weighted by atomic mass is 9.82. The third-order valence-electron chi connectivity index (χ3n) is 4.26. The molecular weight excluding hydrogens is 298 g/mol. The minimum Gasteiger partial charge on any atom is -0.497 e. The largest absolute Gasteiger partial charge is 0.497 e. The van der Waals surface area contributed by atoms with Crippen molar-refractivity contribution in [2.45, 2.75) is 31.8 Å². The second-order valence-electron chi connectivity index (χ2n) is 6.10. The van der Waals surface area contributed by atoms with Crippen LogP contribution in [0.15, 0.2) is 29.5 Å². The van der Waals surface area contributed by atoms with Gasteiger partial charge < -0.3 is 19.5 Å². The fraction of sp³-hybridized carbons (Fsp3) is 0.412. The van der Waals surface area contributed by atoms with Gasteiger partial charge in [-0.3, -0.25) is 4.79 Å². The Hall–Kier alpha value is -2.50. The third kappa shape index (κ3) is 2.44. The van der Waals surface area contributed by atoms with Crippen molar-refractivity contribution in [2.24, 2.45) is 0 Å². The molecule has 2 aliphatic rings. The van der Waals surface area contributed by atoms with E-state index in [9.17, 15) is 9.59 Å². The predicted molar refractivity (Wildman–Crippen MR) is 82.2 cm³/mol. The molecule has 3 rings (SSSR count). The maximum atomic E-state index is 12.3. The number of amides is 1. The molecule has 0 aromatic heterocycles. The summed E-state index contributed by atoms with van der Waals surface area (Å²) in [6, 6.07) is 5.35. The van der Waals surface area contributed by atoms with Gasteiger partial charge in [0.15, 0.2) is 0 Å². The Kier molecular flexibility index (Phi) is 3.55. The summed E-state index contributed by atoms with van der Waals surface area (Å²) in [6.07, 6.45) is 0.173. The van der Waals surface area contributed by atoms with Crippen LogP contribution < -0.4 is 14.8 Å². The average molecular weight is 317 g/mol. The number of benzene rings is 1. The molecule has 0 spiro atoms. The molecule has 1 atom stereocenters. The Morgan fingerprint density at radius 3 is 2.61 bits per heavy atom. The molecule has 1 aromatic carbocycles. The first-order valence-electron chi connectivity index (χ1n) is 7.37. The Morgan fingerprint density at radius 2 is 1.96 bits per heavy atom. The van der Waals surface area contributed by atoms with Crippen LogP contribution in [0.2, 0.25) is 0 Å². The van der Waals surface area contributed by atoms with Crippen LogP contribution in [0.25, 0.3) is 0 Å². The van der Waals surface area contributed by atoms with Gasteiger partial charge in [0, 0.05) is 24.0 Å². The van der Waals surface area contributed by atoms with Crippen LogP contribution in [-0.4, -0.2) is 31.7 Å². The van der Waals surface area contributed by atoms with Gasteiger partial charge in [-0.15, -0.1) is 0 Å². The molecule has 2 aliphatic heterocycles. The van der Waals surface area contributed by atoms with Gasteiger partial charge in [0.05, 0.1) is 25.5 Å². The Bertz CT molecular complexity index is 720. The van der Waals surface area contributed by atoms with E-state index >= 15 is 0 Å². The lowest BCUT2D eigenvalue weighted by molar-refractivity contribution is -0.144. The lowest BCUT2D eigenvalue weighted by Crippen LogP contribution is -2.38. The molecular formula is C17H19NO5. The fourth-order valence-electron chi connectivity index (χ4n) is 3.15. The summed E-state index contributed by atoms with van der Waals surface area (Å²) in [5, 5.41) is 2.79. The van der Waals surface area contributed by atoms with E-state index in [1.165, 1.54) is 0 Å². The number of ether oxygens (including phenoxy) is 3. The molecule has 1 N–H and O–H groups in total. The zero-order valence-electron chi connectivity index (χ0n) is 13.6. The van der Waals surface area contributed by atoms with Gasteiger partial charge in [0.1, 0.15) is 17.1 Å². The molecule has 1 aromatic rings. The molecule has 0 saturated carbocycles. The third-order valence-corrected chi connectivity index (χ3v) is 4.26. The Labute approximate surface area is 134 Å². The highest BCUT2D eigenvalue weighted by Crippen LogP contribution is 2.45. The summed E-state index contributed by atoms with van der Waals surface area (Å²) in [4.78, 5) is 24.5. The average Bonchev–Trinajstić information content (AvgIpc) is 2.75. The molecule has 2 heterocycles. The molecule has 23 heavy (non-hydrogen) atoms. The first-order chi connectivity index (χ1) is 10.9. The Morgan fingerprint density at radius 1 is 1.22 bits per heavy atom. The first kappa shape index (κ1) is 15.4. The second-order valence-corrected chi connectivity index (χ2v) is 6.10. The van der Waals surface area contributed by atoms with Crippen LogP contribution >= 0.6 is 0 Å². The minimum atomic E-state index is -0.833. The summed E-state index contributed by atoms with van der Waals surface area (Å²) in [5.74, 6) is 0.294. The number of cyclic esters (lactones) is 1. The molecule has 0 bridgehead atoms. The van der Waals surface area contributed by atoms with Gasteiger partial charge in [-0.05, 0) is 19.9 Å². The number of rotatable bonds is 3. The van der Waals surface area contributed by atoms with E-state index in [1.54, 1.807) is 40.2 Å². The van der Waals surface area contributed by atoms with Crippen LogP contribution in [0.4, 0.5) is 0 Å². The van der Waals surface area contributed by atoms with Crippen molar-refractivity contribution in [2.75, 3.05) is 14.2 Å². The topological polar surface area (TPSA) is 73.9 Å². The predicted octanol–water partition coefficient (Wildman–Crippen LogP) is 1.90. The number of methoxy groups -OCH3 is 2. The molecule has 0 fully saturated rings. The van der Waals surface area contributed by atoms with Gasteiger partial charge in [-0.1, -0.05) is 6.07 Å². The highest BCUT2D eigenvalue weighted by atomic mass is 16.6. The number of carbonyl (C=O) groups excluding carboxylic acids is 2. The van der Waals surface area contributed by atoms with Gasteiger partial charge >= 0.3 is 5.97 Å². The normalized spacial score (nSPS) is 22.3. The van der Waals surface area contributed by atoms with Crippen molar-refractivity contribution in [3.05, 3.63) is 35.0 Å². The Balaban J connectivity index is 2.14. The molecule has 6 heteroatoms. The van der Waals surface area contributed by atoms with Crippen LogP contribution in [0.3, 0.4) is 0 Å². The van der Waals surface area contributed by atoms with Crippen molar-refractivity contribution >= 4 is 11.9 Å². The maximum absolute atomic E-state index is 12.3. The molecule has 122 valence electrons. The standard InChI is InChI=1S/C17H19NO5/c1-17(2)15-14(16(20)23-17)11(8-13(19)18-15)10-6-5-9(21-3)7-12(10)22-4/h5-7,11H,8H2,1-4H3,(H,18,19). The van der Waals surface area contributed by atoms with E-state index in [0.29, 0.717) is 22.8 Å². The van der Waals surface area contributed by atoms with Crippen molar-refractivity contribution in [1.82, 2.24) is 5.32 Å².